The van der Waals surface area contributed by atoms with Crippen molar-refractivity contribution in [2.24, 2.45) is 0 Å². The zero-order valence-corrected chi connectivity index (χ0v) is 19.0. The zero-order chi connectivity index (χ0) is 24.5. The van der Waals surface area contributed by atoms with Crippen LogP contribution in [0.3, 0.4) is 0 Å². The maximum Gasteiger partial charge on any atom is 0.294 e. The Kier molecular flexibility index (Phi) is 7.59. The van der Waals surface area contributed by atoms with Crippen molar-refractivity contribution >= 4 is 11.8 Å². The van der Waals surface area contributed by atoms with Crippen LogP contribution in [0.5, 0.6) is 17.2 Å². The summed E-state index contributed by atoms with van der Waals surface area (Å²) in [6, 6.07) is 26.0. The minimum Gasteiger partial charge on any atom is -0.493 e. The van der Waals surface area contributed by atoms with Crippen molar-refractivity contribution in [3.63, 3.8) is 0 Å². The molecule has 0 unspecified atom stereocenters. The van der Waals surface area contributed by atoms with E-state index in [1.54, 1.807) is 30.5 Å². The van der Waals surface area contributed by atoms with Crippen LogP contribution in [0.15, 0.2) is 91.1 Å². The van der Waals surface area contributed by atoms with E-state index >= 15 is 0 Å². The molecule has 0 saturated carbocycles. The Bertz CT molecular complexity index is 1260. The molecule has 9 heteroatoms. The smallest absolute Gasteiger partial charge is 0.294 e. The summed E-state index contributed by atoms with van der Waals surface area (Å²) in [5, 5.41) is 4.25. The number of ether oxygens (including phenoxy) is 3. The molecule has 0 atom stereocenters. The average molecular weight is 473 g/mol. The van der Waals surface area contributed by atoms with Crippen LogP contribution >= 0.6 is 0 Å². The maximum absolute atomic E-state index is 12.5. The fourth-order valence-electron chi connectivity index (χ4n) is 3.12. The van der Waals surface area contributed by atoms with Crippen molar-refractivity contribution in [2.75, 3.05) is 13.7 Å². The van der Waals surface area contributed by atoms with E-state index in [2.05, 4.69) is 16.0 Å². The molecule has 35 heavy (non-hydrogen) atoms. The highest BCUT2D eigenvalue weighted by Crippen LogP contribution is 2.20. The number of methoxy groups -OCH3 is 1. The lowest BCUT2D eigenvalue weighted by molar-refractivity contribution is -0.123. The van der Waals surface area contributed by atoms with Crippen molar-refractivity contribution in [3.05, 3.63) is 102 Å². The minimum absolute atomic E-state index is 0.0312. The number of nitrogens with zero attached hydrogens (tertiary/aromatic N) is 2. The molecule has 9 nitrogen and oxygen atoms in total. The van der Waals surface area contributed by atoms with Gasteiger partial charge in [0.25, 0.3) is 11.8 Å². The highest BCUT2D eigenvalue weighted by Gasteiger charge is 2.19. The van der Waals surface area contributed by atoms with E-state index in [1.165, 1.54) is 11.8 Å². The molecule has 2 amide bonds. The lowest BCUT2D eigenvalue weighted by Gasteiger charge is -2.10. The summed E-state index contributed by atoms with van der Waals surface area (Å²) in [4.78, 5) is 24.6. The van der Waals surface area contributed by atoms with E-state index in [9.17, 15) is 9.59 Å². The van der Waals surface area contributed by atoms with Gasteiger partial charge in [-0.05, 0) is 42.0 Å². The topological polar surface area (TPSA) is 104 Å². The van der Waals surface area contributed by atoms with E-state index in [-0.39, 0.29) is 18.1 Å². The number of benzene rings is 3. The van der Waals surface area contributed by atoms with Crippen LogP contribution in [-0.4, -0.2) is 35.3 Å². The van der Waals surface area contributed by atoms with Gasteiger partial charge in [0.05, 0.1) is 19.0 Å². The number of carbonyl (C=O) groups excluding carboxylic acids is 2. The second-order valence-electron chi connectivity index (χ2n) is 7.36. The second-order valence-corrected chi connectivity index (χ2v) is 7.36. The number of rotatable bonds is 9. The second kappa shape index (κ2) is 11.4. The van der Waals surface area contributed by atoms with Gasteiger partial charge in [0.2, 0.25) is 0 Å². The molecule has 0 spiro atoms. The van der Waals surface area contributed by atoms with Gasteiger partial charge in [-0.1, -0.05) is 48.5 Å². The molecule has 4 rings (SSSR count). The molecule has 0 fully saturated rings. The first-order valence-electron chi connectivity index (χ1n) is 10.8. The van der Waals surface area contributed by atoms with Gasteiger partial charge in [-0.2, -0.15) is 5.10 Å². The molecule has 0 aliphatic carbocycles. The third-order valence-electron chi connectivity index (χ3n) is 4.89. The fraction of sp³-hybridized carbons (Fsp3) is 0.115. The molecule has 1 heterocycles. The third kappa shape index (κ3) is 6.38. The molecule has 0 aliphatic rings. The van der Waals surface area contributed by atoms with E-state index in [4.69, 9.17) is 14.2 Å². The standard InChI is InChI=1S/C26H24N4O5/c1-33-23-16-30(20-10-6-3-7-11-20)29-25(23)26(32)28-27-24(31)18-35-22-14-12-21(13-15-22)34-17-19-8-4-2-5-9-19/h2-16H,17-18H2,1H3,(H,27,31)(H,28,32). The Morgan fingerprint density at radius 2 is 1.46 bits per heavy atom. The average Bonchev–Trinajstić information content (AvgIpc) is 3.36. The number of hydrogen-bond acceptors (Lipinski definition) is 6. The van der Waals surface area contributed by atoms with Gasteiger partial charge in [0.15, 0.2) is 18.1 Å². The monoisotopic (exact) mass is 472 g/mol. The molecule has 4 aromatic rings. The number of amides is 2. The Labute approximate surface area is 202 Å². The van der Waals surface area contributed by atoms with Gasteiger partial charge in [-0.25, -0.2) is 4.68 Å². The van der Waals surface area contributed by atoms with Crippen LogP contribution in [0.4, 0.5) is 0 Å². The highest BCUT2D eigenvalue weighted by molar-refractivity contribution is 5.96. The first kappa shape index (κ1) is 23.4. The Morgan fingerprint density at radius 1 is 0.829 bits per heavy atom. The third-order valence-corrected chi connectivity index (χ3v) is 4.89. The van der Waals surface area contributed by atoms with Gasteiger partial charge < -0.3 is 14.2 Å². The van der Waals surface area contributed by atoms with Crippen LogP contribution in [0, 0.1) is 0 Å². The molecular weight excluding hydrogens is 448 g/mol. The van der Waals surface area contributed by atoms with Gasteiger partial charge in [0, 0.05) is 0 Å². The van der Waals surface area contributed by atoms with Crippen molar-refractivity contribution in [1.29, 1.82) is 0 Å². The lowest BCUT2D eigenvalue weighted by atomic mass is 10.2. The predicted octanol–water partition coefficient (Wildman–Crippen LogP) is 3.30. The summed E-state index contributed by atoms with van der Waals surface area (Å²) in [5.41, 5.74) is 6.49. The molecule has 0 bridgehead atoms. The van der Waals surface area contributed by atoms with Crippen LogP contribution < -0.4 is 25.1 Å². The SMILES string of the molecule is COc1cn(-c2ccccc2)nc1C(=O)NNC(=O)COc1ccc(OCc2ccccc2)cc1. The Balaban J connectivity index is 1.24. The molecule has 0 saturated heterocycles. The van der Waals surface area contributed by atoms with Crippen molar-refractivity contribution in [2.45, 2.75) is 6.61 Å². The molecular formula is C26H24N4O5. The van der Waals surface area contributed by atoms with E-state index in [0.29, 0.717) is 18.1 Å². The molecule has 0 radical (unpaired) electrons. The van der Waals surface area contributed by atoms with Gasteiger partial charge in [-0.15, -0.1) is 0 Å². The summed E-state index contributed by atoms with van der Waals surface area (Å²) in [7, 11) is 1.44. The van der Waals surface area contributed by atoms with Crippen molar-refractivity contribution in [1.82, 2.24) is 20.6 Å². The largest absolute Gasteiger partial charge is 0.493 e. The quantitative estimate of drug-likeness (QED) is 0.362. The molecule has 178 valence electrons. The number of carbonyl (C=O) groups is 2. The normalized spacial score (nSPS) is 10.3. The molecule has 1 aromatic heterocycles. The Morgan fingerprint density at radius 3 is 2.11 bits per heavy atom. The summed E-state index contributed by atoms with van der Waals surface area (Å²) >= 11 is 0. The number of hydrazine groups is 1. The summed E-state index contributed by atoms with van der Waals surface area (Å²) in [6.07, 6.45) is 1.59. The van der Waals surface area contributed by atoms with Crippen LogP contribution in [-0.2, 0) is 11.4 Å². The maximum atomic E-state index is 12.5. The fourth-order valence-corrected chi connectivity index (χ4v) is 3.12. The summed E-state index contributed by atoms with van der Waals surface area (Å²) in [5.74, 6) is 0.282. The minimum atomic E-state index is -0.621. The van der Waals surface area contributed by atoms with Crippen molar-refractivity contribution < 1.29 is 23.8 Å². The number of nitrogens with one attached hydrogen (secondary N) is 2. The van der Waals surface area contributed by atoms with E-state index < -0.39 is 11.8 Å². The van der Waals surface area contributed by atoms with Gasteiger partial charge in [-0.3, -0.25) is 20.4 Å². The van der Waals surface area contributed by atoms with Crippen LogP contribution in [0.1, 0.15) is 16.1 Å². The summed E-state index contributed by atoms with van der Waals surface area (Å²) < 4.78 is 18.0. The zero-order valence-electron chi connectivity index (χ0n) is 19.0. The van der Waals surface area contributed by atoms with Crippen LogP contribution in [0.25, 0.3) is 5.69 Å². The predicted molar refractivity (Wildman–Crippen MR) is 128 cm³/mol. The molecule has 2 N–H and O–H groups in total. The Hall–Kier alpha value is -4.79. The molecule has 3 aromatic carbocycles. The number of hydrogen-bond donors (Lipinski definition) is 2. The number of aromatic nitrogens is 2. The van der Waals surface area contributed by atoms with Gasteiger partial charge >= 0.3 is 0 Å². The van der Waals surface area contributed by atoms with Crippen molar-refractivity contribution in [3.8, 4) is 22.9 Å². The van der Waals surface area contributed by atoms with E-state index in [0.717, 1.165) is 11.3 Å². The van der Waals surface area contributed by atoms with Gasteiger partial charge in [0.1, 0.15) is 18.1 Å². The first-order valence-corrected chi connectivity index (χ1v) is 10.8. The number of para-hydroxylation sites is 1. The summed E-state index contributed by atoms with van der Waals surface area (Å²) in [6.45, 7) is 0.164. The highest BCUT2D eigenvalue weighted by atomic mass is 16.5. The first-order chi connectivity index (χ1) is 17.1. The van der Waals surface area contributed by atoms with Crippen LogP contribution in [0.2, 0.25) is 0 Å². The molecule has 0 aliphatic heterocycles. The van der Waals surface area contributed by atoms with E-state index in [1.807, 2.05) is 60.7 Å². The lowest BCUT2D eigenvalue weighted by Crippen LogP contribution is -2.44.